The molecule has 0 N–H and O–H groups in total. The number of aromatic nitrogens is 1. The van der Waals surface area contributed by atoms with E-state index in [-0.39, 0.29) is 6.61 Å². The summed E-state index contributed by atoms with van der Waals surface area (Å²) in [6.45, 7) is 0.112. The summed E-state index contributed by atoms with van der Waals surface area (Å²) in [4.78, 5) is 37.1. The first kappa shape index (κ1) is 20.2. The quantitative estimate of drug-likeness (QED) is 0.358. The summed E-state index contributed by atoms with van der Waals surface area (Å²) in [5.74, 6) is -1.00. The predicted octanol–water partition coefficient (Wildman–Crippen LogP) is 4.55. The number of fused-ring (bicyclic) bond motifs is 3. The van der Waals surface area contributed by atoms with Crippen LogP contribution in [0.2, 0.25) is 0 Å². The van der Waals surface area contributed by atoms with Crippen LogP contribution in [0.1, 0.15) is 26.3 Å². The first-order valence-corrected chi connectivity index (χ1v) is 9.49. The van der Waals surface area contributed by atoms with Gasteiger partial charge < -0.3 is 14.2 Å². The molecule has 7 nitrogen and oxygen atoms in total. The van der Waals surface area contributed by atoms with E-state index < -0.39 is 18.0 Å². The van der Waals surface area contributed by atoms with E-state index >= 15 is 0 Å². The smallest absolute Gasteiger partial charge is 0.419 e. The molecule has 3 aromatic carbocycles. The van der Waals surface area contributed by atoms with Crippen LogP contribution < -0.4 is 0 Å². The Kier molecular flexibility index (Phi) is 5.41. The van der Waals surface area contributed by atoms with E-state index in [4.69, 9.17) is 14.2 Å². The summed E-state index contributed by atoms with van der Waals surface area (Å²) in [7, 11) is 2.60. The number of carbonyl (C=O) groups excluding carboxylic acids is 3. The fourth-order valence-electron chi connectivity index (χ4n) is 3.49. The SMILES string of the molecule is COC(=O)c1ccc2c(c1)c1cc(C(=O)OC)ccc1n2C(=O)OCc1ccccc1. The van der Waals surface area contributed by atoms with E-state index in [0.29, 0.717) is 32.9 Å². The summed E-state index contributed by atoms with van der Waals surface area (Å²) >= 11 is 0. The van der Waals surface area contributed by atoms with Crippen LogP contribution in [0.3, 0.4) is 0 Å². The van der Waals surface area contributed by atoms with Crippen LogP contribution in [0.15, 0.2) is 66.7 Å². The lowest BCUT2D eigenvalue weighted by Gasteiger charge is -2.08. The second-order valence-electron chi connectivity index (χ2n) is 6.82. The lowest BCUT2D eigenvalue weighted by Crippen LogP contribution is -2.13. The zero-order valence-corrected chi connectivity index (χ0v) is 17.0. The second kappa shape index (κ2) is 8.31. The standard InChI is InChI=1S/C24H19NO6/c1-29-22(26)16-8-10-20-18(12-16)19-13-17(23(27)30-2)9-11-21(19)25(20)24(28)31-14-15-6-4-3-5-7-15/h3-13H,14H2,1-2H3. The highest BCUT2D eigenvalue weighted by Gasteiger charge is 2.20. The fraction of sp³-hybridized carbons (Fsp3) is 0.125. The normalized spacial score (nSPS) is 10.8. The summed E-state index contributed by atoms with van der Waals surface area (Å²) < 4.78 is 16.6. The molecule has 4 rings (SSSR count). The number of ether oxygens (including phenoxy) is 3. The number of carbonyl (C=O) groups is 3. The highest BCUT2D eigenvalue weighted by Crippen LogP contribution is 2.31. The lowest BCUT2D eigenvalue weighted by molar-refractivity contribution is 0.0592. The highest BCUT2D eigenvalue weighted by atomic mass is 16.5. The fourth-order valence-corrected chi connectivity index (χ4v) is 3.49. The molecular weight excluding hydrogens is 398 g/mol. The van der Waals surface area contributed by atoms with Crippen molar-refractivity contribution in [1.82, 2.24) is 4.57 Å². The molecule has 1 heterocycles. The first-order chi connectivity index (χ1) is 15.0. The van der Waals surface area contributed by atoms with Crippen molar-refractivity contribution in [2.45, 2.75) is 6.61 Å². The summed E-state index contributed by atoms with van der Waals surface area (Å²) in [6.07, 6.45) is -0.569. The lowest BCUT2D eigenvalue weighted by atomic mass is 10.1. The number of esters is 2. The molecular formula is C24H19NO6. The Balaban J connectivity index is 1.85. The van der Waals surface area contributed by atoms with Gasteiger partial charge in [-0.15, -0.1) is 0 Å². The molecule has 0 amide bonds. The van der Waals surface area contributed by atoms with Crippen LogP contribution in [-0.4, -0.2) is 36.8 Å². The topological polar surface area (TPSA) is 83.8 Å². The third-order valence-electron chi connectivity index (χ3n) is 4.99. The minimum atomic E-state index is -0.569. The zero-order chi connectivity index (χ0) is 22.0. The van der Waals surface area contributed by atoms with Crippen molar-refractivity contribution >= 4 is 39.8 Å². The van der Waals surface area contributed by atoms with Crippen molar-refractivity contribution in [3.05, 3.63) is 83.4 Å². The van der Waals surface area contributed by atoms with Crippen LogP contribution in [-0.2, 0) is 20.8 Å². The van der Waals surface area contributed by atoms with Gasteiger partial charge in [-0.3, -0.25) is 0 Å². The average Bonchev–Trinajstić information content (AvgIpc) is 3.15. The van der Waals surface area contributed by atoms with Crippen molar-refractivity contribution < 1.29 is 28.6 Å². The largest absolute Gasteiger partial charge is 0.465 e. The van der Waals surface area contributed by atoms with Crippen molar-refractivity contribution in [3.63, 3.8) is 0 Å². The minimum absolute atomic E-state index is 0.112. The van der Waals surface area contributed by atoms with Gasteiger partial charge >= 0.3 is 18.0 Å². The van der Waals surface area contributed by atoms with Gasteiger partial charge in [-0.25, -0.2) is 19.0 Å². The van der Waals surface area contributed by atoms with Gasteiger partial charge in [0.25, 0.3) is 0 Å². The van der Waals surface area contributed by atoms with Crippen LogP contribution in [0.5, 0.6) is 0 Å². The van der Waals surface area contributed by atoms with Gasteiger partial charge in [0.05, 0.1) is 36.4 Å². The Morgan fingerprint density at radius 3 is 1.74 bits per heavy atom. The third-order valence-corrected chi connectivity index (χ3v) is 4.99. The molecule has 0 atom stereocenters. The van der Waals surface area contributed by atoms with E-state index in [1.54, 1.807) is 36.4 Å². The van der Waals surface area contributed by atoms with Crippen LogP contribution in [0, 0.1) is 0 Å². The first-order valence-electron chi connectivity index (χ1n) is 9.49. The molecule has 0 unspecified atom stereocenters. The molecule has 0 saturated heterocycles. The van der Waals surface area contributed by atoms with Crippen LogP contribution in [0.25, 0.3) is 21.8 Å². The van der Waals surface area contributed by atoms with Gasteiger partial charge in [-0.2, -0.15) is 0 Å². The van der Waals surface area contributed by atoms with Gasteiger partial charge in [0.1, 0.15) is 6.61 Å². The third kappa shape index (κ3) is 3.73. The molecule has 0 spiro atoms. The average molecular weight is 417 g/mol. The van der Waals surface area contributed by atoms with E-state index in [1.165, 1.54) is 18.8 Å². The minimum Gasteiger partial charge on any atom is -0.465 e. The molecule has 0 aliphatic heterocycles. The van der Waals surface area contributed by atoms with E-state index in [0.717, 1.165) is 5.56 Å². The highest BCUT2D eigenvalue weighted by molar-refractivity contribution is 6.15. The van der Waals surface area contributed by atoms with Crippen LogP contribution >= 0.6 is 0 Å². The number of benzene rings is 3. The molecule has 0 fully saturated rings. The Hall–Kier alpha value is -4.13. The zero-order valence-electron chi connectivity index (χ0n) is 17.0. The van der Waals surface area contributed by atoms with Crippen molar-refractivity contribution in [2.24, 2.45) is 0 Å². The Morgan fingerprint density at radius 2 is 1.26 bits per heavy atom. The number of nitrogens with zero attached hydrogens (tertiary/aromatic N) is 1. The molecule has 1 aromatic heterocycles. The number of hydrogen-bond donors (Lipinski definition) is 0. The number of hydrogen-bond acceptors (Lipinski definition) is 6. The molecule has 7 heteroatoms. The van der Waals surface area contributed by atoms with E-state index in [9.17, 15) is 14.4 Å². The summed E-state index contributed by atoms with van der Waals surface area (Å²) in [5, 5.41) is 1.22. The van der Waals surface area contributed by atoms with Gasteiger partial charge in [-0.1, -0.05) is 30.3 Å². The molecule has 0 bridgehead atoms. The van der Waals surface area contributed by atoms with Crippen molar-refractivity contribution in [2.75, 3.05) is 14.2 Å². The molecule has 0 aliphatic carbocycles. The predicted molar refractivity (Wildman–Crippen MR) is 114 cm³/mol. The summed E-state index contributed by atoms with van der Waals surface area (Å²) in [5.41, 5.74) is 2.60. The molecule has 0 radical (unpaired) electrons. The molecule has 0 aliphatic rings. The molecule has 31 heavy (non-hydrogen) atoms. The van der Waals surface area contributed by atoms with Gasteiger partial charge in [0.15, 0.2) is 0 Å². The van der Waals surface area contributed by atoms with E-state index in [2.05, 4.69) is 0 Å². The van der Waals surface area contributed by atoms with Gasteiger partial charge in [0.2, 0.25) is 0 Å². The van der Waals surface area contributed by atoms with Crippen LogP contribution in [0.4, 0.5) is 4.79 Å². The maximum absolute atomic E-state index is 13.0. The Labute approximate surface area is 177 Å². The number of methoxy groups -OCH3 is 2. The van der Waals surface area contributed by atoms with Crippen molar-refractivity contribution in [3.8, 4) is 0 Å². The number of rotatable bonds is 4. The molecule has 0 saturated carbocycles. The van der Waals surface area contributed by atoms with Crippen molar-refractivity contribution in [1.29, 1.82) is 0 Å². The molecule has 156 valence electrons. The van der Waals surface area contributed by atoms with Gasteiger partial charge in [-0.05, 0) is 42.0 Å². The second-order valence-corrected chi connectivity index (χ2v) is 6.82. The monoisotopic (exact) mass is 417 g/mol. The maximum atomic E-state index is 13.0. The summed E-state index contributed by atoms with van der Waals surface area (Å²) in [6, 6.07) is 19.1. The van der Waals surface area contributed by atoms with Gasteiger partial charge in [0, 0.05) is 10.8 Å². The Morgan fingerprint density at radius 1 is 0.742 bits per heavy atom. The Bertz CT molecular complexity index is 1230. The maximum Gasteiger partial charge on any atom is 0.419 e. The molecule has 4 aromatic rings. The van der Waals surface area contributed by atoms with E-state index in [1.807, 2.05) is 30.3 Å².